The zero-order chi connectivity index (χ0) is 18.5. The molecule has 0 unspecified atom stereocenters. The summed E-state index contributed by atoms with van der Waals surface area (Å²) in [5.41, 5.74) is 2.47. The van der Waals surface area contributed by atoms with Crippen molar-refractivity contribution in [3.05, 3.63) is 55.1 Å². The standard InChI is InChI=1S/C24H30N2O/c1-2-16-26-23-12-7-6-11-21(23)22-14-13-20(18-24(22)26)27-17-8-15-25-19-9-4-3-5-10-19/h2,6-7,11-14,18-19,25H,1,3-5,8-10,15-17H2. The van der Waals surface area contributed by atoms with Crippen LogP contribution in [-0.4, -0.2) is 23.8 Å². The van der Waals surface area contributed by atoms with Crippen molar-refractivity contribution < 1.29 is 4.74 Å². The van der Waals surface area contributed by atoms with E-state index < -0.39 is 0 Å². The first kappa shape index (κ1) is 18.1. The van der Waals surface area contributed by atoms with Gasteiger partial charge in [-0.05, 0) is 44.0 Å². The molecule has 142 valence electrons. The summed E-state index contributed by atoms with van der Waals surface area (Å²) in [6.07, 6.45) is 9.85. The largest absolute Gasteiger partial charge is 0.493 e. The number of hydrogen-bond acceptors (Lipinski definition) is 2. The Kier molecular flexibility index (Phi) is 5.78. The van der Waals surface area contributed by atoms with Gasteiger partial charge in [-0.2, -0.15) is 0 Å². The van der Waals surface area contributed by atoms with E-state index in [0.29, 0.717) is 0 Å². The van der Waals surface area contributed by atoms with Crippen molar-refractivity contribution in [1.29, 1.82) is 0 Å². The van der Waals surface area contributed by atoms with Gasteiger partial charge in [0.1, 0.15) is 5.75 Å². The van der Waals surface area contributed by atoms with Gasteiger partial charge in [-0.1, -0.05) is 43.5 Å². The lowest BCUT2D eigenvalue weighted by Crippen LogP contribution is -2.32. The van der Waals surface area contributed by atoms with E-state index in [4.69, 9.17) is 4.74 Å². The highest BCUT2D eigenvalue weighted by Crippen LogP contribution is 2.31. The Bertz CT molecular complexity index is 905. The van der Waals surface area contributed by atoms with Crippen LogP contribution in [0.2, 0.25) is 0 Å². The van der Waals surface area contributed by atoms with Gasteiger partial charge in [0, 0.05) is 34.9 Å². The van der Waals surface area contributed by atoms with E-state index in [0.717, 1.165) is 37.9 Å². The molecule has 3 aromatic rings. The molecule has 4 rings (SSSR count). The average molecular weight is 363 g/mol. The van der Waals surface area contributed by atoms with Crippen LogP contribution in [0.5, 0.6) is 5.75 Å². The number of hydrogen-bond donors (Lipinski definition) is 1. The molecule has 1 saturated carbocycles. The van der Waals surface area contributed by atoms with Gasteiger partial charge in [-0.15, -0.1) is 6.58 Å². The molecule has 0 saturated heterocycles. The highest BCUT2D eigenvalue weighted by molar-refractivity contribution is 6.08. The Hall–Kier alpha value is -2.26. The lowest BCUT2D eigenvalue weighted by atomic mass is 9.95. The molecular weight excluding hydrogens is 332 g/mol. The van der Waals surface area contributed by atoms with E-state index in [9.17, 15) is 0 Å². The van der Waals surface area contributed by atoms with Crippen LogP contribution >= 0.6 is 0 Å². The molecule has 3 nitrogen and oxygen atoms in total. The molecule has 0 spiro atoms. The van der Waals surface area contributed by atoms with E-state index in [1.165, 1.54) is 53.9 Å². The monoisotopic (exact) mass is 362 g/mol. The molecular formula is C24H30N2O. The second kappa shape index (κ2) is 8.62. The van der Waals surface area contributed by atoms with Crippen LogP contribution in [0.3, 0.4) is 0 Å². The average Bonchev–Trinajstić information content (AvgIpc) is 3.02. The van der Waals surface area contributed by atoms with Crippen LogP contribution < -0.4 is 10.1 Å². The van der Waals surface area contributed by atoms with Crippen LogP contribution in [0, 0.1) is 0 Å². The number of nitrogens with zero attached hydrogens (tertiary/aromatic N) is 1. The van der Waals surface area contributed by atoms with Crippen molar-refractivity contribution in [3.8, 4) is 5.75 Å². The summed E-state index contributed by atoms with van der Waals surface area (Å²) in [6.45, 7) is 6.53. The minimum absolute atomic E-state index is 0.727. The van der Waals surface area contributed by atoms with Crippen molar-refractivity contribution >= 4 is 21.8 Å². The van der Waals surface area contributed by atoms with E-state index in [1.54, 1.807) is 0 Å². The van der Waals surface area contributed by atoms with Gasteiger partial charge in [0.15, 0.2) is 0 Å². The van der Waals surface area contributed by atoms with Crippen molar-refractivity contribution in [2.75, 3.05) is 13.2 Å². The number of benzene rings is 2. The Balaban J connectivity index is 1.41. The SMILES string of the molecule is C=CCn1c2ccccc2c2ccc(OCCCNC3CCCCC3)cc21. The first-order valence-electron chi connectivity index (χ1n) is 10.3. The molecule has 1 fully saturated rings. The van der Waals surface area contributed by atoms with Crippen molar-refractivity contribution in [2.24, 2.45) is 0 Å². The molecule has 0 bridgehead atoms. The fraction of sp³-hybridized carbons (Fsp3) is 0.417. The van der Waals surface area contributed by atoms with E-state index in [2.05, 4.69) is 58.9 Å². The van der Waals surface area contributed by atoms with E-state index in [1.807, 2.05) is 6.08 Å². The third-order valence-electron chi connectivity index (χ3n) is 5.68. The maximum absolute atomic E-state index is 6.05. The molecule has 1 heterocycles. The van der Waals surface area contributed by atoms with Gasteiger partial charge in [-0.25, -0.2) is 0 Å². The van der Waals surface area contributed by atoms with Crippen LogP contribution in [-0.2, 0) is 6.54 Å². The minimum atomic E-state index is 0.727. The maximum atomic E-state index is 6.05. The topological polar surface area (TPSA) is 26.2 Å². The number of rotatable bonds is 8. The van der Waals surface area contributed by atoms with Gasteiger partial charge < -0.3 is 14.6 Å². The van der Waals surface area contributed by atoms with Gasteiger partial charge in [-0.3, -0.25) is 0 Å². The minimum Gasteiger partial charge on any atom is -0.493 e. The van der Waals surface area contributed by atoms with Gasteiger partial charge in [0.25, 0.3) is 0 Å². The first-order chi connectivity index (χ1) is 13.4. The Morgan fingerprint density at radius 2 is 1.85 bits per heavy atom. The molecule has 27 heavy (non-hydrogen) atoms. The molecule has 1 aromatic heterocycles. The summed E-state index contributed by atoms with van der Waals surface area (Å²) in [7, 11) is 0. The zero-order valence-electron chi connectivity index (χ0n) is 16.1. The molecule has 0 aliphatic heterocycles. The highest BCUT2D eigenvalue weighted by atomic mass is 16.5. The Morgan fingerprint density at radius 3 is 2.70 bits per heavy atom. The van der Waals surface area contributed by atoms with E-state index >= 15 is 0 Å². The summed E-state index contributed by atoms with van der Waals surface area (Å²) in [5.74, 6) is 0.952. The van der Waals surface area contributed by atoms with Gasteiger partial charge in [0.05, 0.1) is 12.1 Å². The smallest absolute Gasteiger partial charge is 0.121 e. The second-order valence-electron chi connectivity index (χ2n) is 7.59. The molecule has 0 radical (unpaired) electrons. The van der Waals surface area contributed by atoms with Crippen molar-refractivity contribution in [3.63, 3.8) is 0 Å². The summed E-state index contributed by atoms with van der Waals surface area (Å²) in [5, 5.41) is 6.25. The molecule has 0 atom stereocenters. The highest BCUT2D eigenvalue weighted by Gasteiger charge is 2.12. The summed E-state index contributed by atoms with van der Waals surface area (Å²) < 4.78 is 8.37. The second-order valence-corrected chi connectivity index (χ2v) is 7.59. The number of allylic oxidation sites excluding steroid dienone is 1. The van der Waals surface area contributed by atoms with E-state index in [-0.39, 0.29) is 0 Å². The Labute approximate surface area is 162 Å². The number of para-hydroxylation sites is 1. The van der Waals surface area contributed by atoms with Crippen LogP contribution in [0.25, 0.3) is 21.8 Å². The zero-order valence-corrected chi connectivity index (χ0v) is 16.1. The molecule has 1 aliphatic rings. The predicted octanol–water partition coefficient (Wildman–Crippen LogP) is 5.67. The van der Waals surface area contributed by atoms with Crippen LogP contribution in [0.4, 0.5) is 0 Å². The van der Waals surface area contributed by atoms with Crippen LogP contribution in [0.1, 0.15) is 38.5 Å². The quantitative estimate of drug-likeness (QED) is 0.413. The van der Waals surface area contributed by atoms with Gasteiger partial charge >= 0.3 is 0 Å². The van der Waals surface area contributed by atoms with Crippen LogP contribution in [0.15, 0.2) is 55.1 Å². The summed E-state index contributed by atoms with van der Waals surface area (Å²) >= 11 is 0. The maximum Gasteiger partial charge on any atom is 0.121 e. The number of nitrogens with one attached hydrogen (secondary N) is 1. The lowest BCUT2D eigenvalue weighted by Gasteiger charge is -2.22. The first-order valence-corrected chi connectivity index (χ1v) is 10.3. The fourth-order valence-corrected chi connectivity index (χ4v) is 4.32. The Morgan fingerprint density at radius 1 is 1.04 bits per heavy atom. The molecule has 0 amide bonds. The van der Waals surface area contributed by atoms with Crippen molar-refractivity contribution in [2.45, 2.75) is 51.1 Å². The normalized spacial score (nSPS) is 15.4. The summed E-state index contributed by atoms with van der Waals surface area (Å²) in [4.78, 5) is 0. The summed E-state index contributed by atoms with van der Waals surface area (Å²) in [6, 6.07) is 15.7. The molecule has 1 aliphatic carbocycles. The molecule has 3 heteroatoms. The van der Waals surface area contributed by atoms with Crippen molar-refractivity contribution in [1.82, 2.24) is 9.88 Å². The molecule has 1 N–H and O–H groups in total. The molecule has 2 aromatic carbocycles. The number of ether oxygens (including phenoxy) is 1. The third-order valence-corrected chi connectivity index (χ3v) is 5.68. The fourth-order valence-electron chi connectivity index (χ4n) is 4.32. The number of fused-ring (bicyclic) bond motifs is 3. The number of aromatic nitrogens is 1. The predicted molar refractivity (Wildman–Crippen MR) is 115 cm³/mol. The van der Waals surface area contributed by atoms with Gasteiger partial charge in [0.2, 0.25) is 0 Å². The third kappa shape index (κ3) is 4.03. The lowest BCUT2D eigenvalue weighted by molar-refractivity contribution is 0.297.